The Morgan fingerprint density at radius 1 is 1.09 bits per heavy atom. The summed E-state index contributed by atoms with van der Waals surface area (Å²) in [5, 5.41) is 0. The number of nitrogens with two attached hydrogens (primary N) is 1. The van der Waals surface area contributed by atoms with Crippen LogP contribution >= 0.6 is 12.4 Å². The first kappa shape index (κ1) is 18.9. The van der Waals surface area contributed by atoms with E-state index >= 15 is 0 Å². The largest absolute Gasteiger partial charge is 0.496 e. The smallest absolute Gasteiger partial charge is 0.164 e. The van der Waals surface area contributed by atoms with E-state index in [1.54, 1.807) is 21.3 Å². The van der Waals surface area contributed by atoms with Gasteiger partial charge in [-0.3, -0.25) is 4.90 Å². The Labute approximate surface area is 139 Å². The van der Waals surface area contributed by atoms with Crippen molar-refractivity contribution in [3.63, 3.8) is 0 Å². The number of ether oxygens (including phenoxy) is 3. The summed E-state index contributed by atoms with van der Waals surface area (Å²) in [6.45, 7) is 5.89. The van der Waals surface area contributed by atoms with E-state index in [4.69, 9.17) is 19.9 Å². The lowest BCUT2D eigenvalue weighted by molar-refractivity contribution is 0.269. The number of hydrogen-bond acceptors (Lipinski definition) is 5. The standard InChI is InChI=1S/C16H26N2O3.ClH/c1-16(10-17)5-6-18(11-16)9-12-7-14(20-3)15(21-4)8-13(12)19-2;/h7-8H,5-6,9-11,17H2,1-4H3;1H. The fraction of sp³-hybridized carbons (Fsp3) is 0.625. The van der Waals surface area contributed by atoms with E-state index in [2.05, 4.69) is 11.8 Å². The first-order valence-corrected chi connectivity index (χ1v) is 7.26. The van der Waals surface area contributed by atoms with Crippen LogP contribution in [0.5, 0.6) is 17.2 Å². The van der Waals surface area contributed by atoms with Gasteiger partial charge < -0.3 is 19.9 Å². The molecule has 5 nitrogen and oxygen atoms in total. The van der Waals surface area contributed by atoms with Gasteiger partial charge in [-0.05, 0) is 31.0 Å². The molecule has 2 rings (SSSR count). The van der Waals surface area contributed by atoms with Crippen molar-refractivity contribution < 1.29 is 14.2 Å². The van der Waals surface area contributed by atoms with Crippen LogP contribution in [-0.2, 0) is 6.54 Å². The van der Waals surface area contributed by atoms with Crippen LogP contribution in [0.2, 0.25) is 0 Å². The van der Waals surface area contributed by atoms with E-state index in [-0.39, 0.29) is 17.8 Å². The molecule has 0 radical (unpaired) electrons. The van der Waals surface area contributed by atoms with Gasteiger partial charge in [0.25, 0.3) is 0 Å². The molecule has 1 aliphatic heterocycles. The van der Waals surface area contributed by atoms with E-state index in [1.165, 1.54) is 0 Å². The lowest BCUT2D eigenvalue weighted by Crippen LogP contribution is -2.31. The number of likely N-dealkylation sites (tertiary alicyclic amines) is 1. The minimum Gasteiger partial charge on any atom is -0.496 e. The van der Waals surface area contributed by atoms with Crippen molar-refractivity contribution in [3.05, 3.63) is 17.7 Å². The maximum absolute atomic E-state index is 5.88. The van der Waals surface area contributed by atoms with E-state index < -0.39 is 0 Å². The minimum atomic E-state index is 0. The molecule has 1 aliphatic rings. The molecule has 1 unspecified atom stereocenters. The Morgan fingerprint density at radius 2 is 1.68 bits per heavy atom. The molecular weight excluding hydrogens is 304 g/mol. The molecule has 0 saturated carbocycles. The van der Waals surface area contributed by atoms with Gasteiger partial charge in [0.2, 0.25) is 0 Å². The highest BCUT2D eigenvalue weighted by Gasteiger charge is 2.32. The van der Waals surface area contributed by atoms with Crippen molar-refractivity contribution >= 4 is 12.4 Å². The topological polar surface area (TPSA) is 57.0 Å². The zero-order valence-corrected chi connectivity index (χ0v) is 14.7. The molecule has 0 aromatic heterocycles. The van der Waals surface area contributed by atoms with Crippen molar-refractivity contribution in [1.82, 2.24) is 4.90 Å². The van der Waals surface area contributed by atoms with Crippen LogP contribution in [0.4, 0.5) is 0 Å². The Hall–Kier alpha value is -1.17. The second kappa shape index (κ2) is 7.90. The average Bonchev–Trinajstić information content (AvgIpc) is 2.88. The van der Waals surface area contributed by atoms with Gasteiger partial charge in [-0.1, -0.05) is 6.92 Å². The van der Waals surface area contributed by atoms with Crippen LogP contribution in [0.15, 0.2) is 12.1 Å². The number of hydrogen-bond donors (Lipinski definition) is 1. The zero-order chi connectivity index (χ0) is 15.5. The van der Waals surface area contributed by atoms with Gasteiger partial charge >= 0.3 is 0 Å². The first-order valence-electron chi connectivity index (χ1n) is 7.26. The predicted molar refractivity (Wildman–Crippen MR) is 90.4 cm³/mol. The summed E-state index contributed by atoms with van der Waals surface area (Å²) in [6.07, 6.45) is 1.14. The van der Waals surface area contributed by atoms with Crippen molar-refractivity contribution in [2.24, 2.45) is 11.1 Å². The fourth-order valence-corrected chi connectivity index (χ4v) is 2.88. The highest BCUT2D eigenvalue weighted by atomic mass is 35.5. The third kappa shape index (κ3) is 3.97. The van der Waals surface area contributed by atoms with Crippen molar-refractivity contribution in [2.75, 3.05) is 41.0 Å². The van der Waals surface area contributed by atoms with Crippen molar-refractivity contribution in [1.29, 1.82) is 0 Å². The molecule has 1 fully saturated rings. The van der Waals surface area contributed by atoms with E-state index in [1.807, 2.05) is 12.1 Å². The van der Waals surface area contributed by atoms with Gasteiger partial charge in [0.05, 0.1) is 21.3 Å². The van der Waals surface area contributed by atoms with Crippen LogP contribution in [0.25, 0.3) is 0 Å². The van der Waals surface area contributed by atoms with Gasteiger partial charge in [-0.15, -0.1) is 12.4 Å². The van der Waals surface area contributed by atoms with Gasteiger partial charge in [0.15, 0.2) is 11.5 Å². The summed E-state index contributed by atoms with van der Waals surface area (Å²) in [4.78, 5) is 2.41. The van der Waals surface area contributed by atoms with Crippen molar-refractivity contribution in [3.8, 4) is 17.2 Å². The molecule has 2 N–H and O–H groups in total. The molecule has 0 spiro atoms. The molecule has 0 bridgehead atoms. The molecule has 6 heteroatoms. The molecule has 1 aromatic rings. The second-order valence-corrected chi connectivity index (χ2v) is 5.99. The minimum absolute atomic E-state index is 0. The van der Waals surface area contributed by atoms with Gasteiger partial charge in [0.1, 0.15) is 5.75 Å². The number of nitrogens with zero attached hydrogens (tertiary/aromatic N) is 1. The van der Waals surface area contributed by atoms with Gasteiger partial charge in [-0.25, -0.2) is 0 Å². The van der Waals surface area contributed by atoms with Crippen LogP contribution in [0.3, 0.4) is 0 Å². The Morgan fingerprint density at radius 3 is 2.18 bits per heavy atom. The summed E-state index contributed by atoms with van der Waals surface area (Å²) in [5.41, 5.74) is 7.21. The third-order valence-electron chi connectivity index (χ3n) is 4.31. The van der Waals surface area contributed by atoms with Crippen LogP contribution in [0.1, 0.15) is 18.9 Å². The molecule has 1 saturated heterocycles. The SMILES string of the molecule is COc1cc(OC)c(OC)cc1CN1CCC(C)(CN)C1.Cl. The highest BCUT2D eigenvalue weighted by molar-refractivity contribution is 5.85. The predicted octanol–water partition coefficient (Wildman–Crippen LogP) is 2.30. The maximum atomic E-state index is 5.88. The van der Waals surface area contributed by atoms with E-state index in [0.29, 0.717) is 5.75 Å². The number of methoxy groups -OCH3 is 3. The molecule has 0 amide bonds. The molecule has 126 valence electrons. The van der Waals surface area contributed by atoms with E-state index in [0.717, 1.165) is 49.7 Å². The van der Waals surface area contributed by atoms with Crippen LogP contribution < -0.4 is 19.9 Å². The Bertz CT molecular complexity index is 499. The summed E-state index contributed by atoms with van der Waals surface area (Å²) in [7, 11) is 4.96. The lowest BCUT2D eigenvalue weighted by Gasteiger charge is -2.23. The van der Waals surface area contributed by atoms with Gasteiger partial charge in [-0.2, -0.15) is 0 Å². The summed E-state index contributed by atoms with van der Waals surface area (Å²) < 4.78 is 16.2. The average molecular weight is 331 g/mol. The van der Waals surface area contributed by atoms with Crippen LogP contribution in [0, 0.1) is 5.41 Å². The summed E-state index contributed by atoms with van der Waals surface area (Å²) >= 11 is 0. The Kier molecular flexibility index (Phi) is 6.78. The van der Waals surface area contributed by atoms with E-state index in [9.17, 15) is 0 Å². The number of halogens is 1. The molecule has 22 heavy (non-hydrogen) atoms. The molecule has 1 heterocycles. The molecular formula is C16H27ClN2O3. The monoisotopic (exact) mass is 330 g/mol. The number of benzene rings is 1. The fourth-order valence-electron chi connectivity index (χ4n) is 2.88. The number of rotatable bonds is 6. The maximum Gasteiger partial charge on any atom is 0.164 e. The Balaban J connectivity index is 0.00000242. The summed E-state index contributed by atoms with van der Waals surface area (Å²) in [5.74, 6) is 2.24. The third-order valence-corrected chi connectivity index (χ3v) is 4.31. The summed E-state index contributed by atoms with van der Waals surface area (Å²) in [6, 6.07) is 3.88. The van der Waals surface area contributed by atoms with Crippen LogP contribution in [-0.4, -0.2) is 45.9 Å². The van der Waals surface area contributed by atoms with Gasteiger partial charge in [0, 0.05) is 24.7 Å². The molecule has 1 atom stereocenters. The van der Waals surface area contributed by atoms with Crippen molar-refractivity contribution in [2.45, 2.75) is 19.9 Å². The zero-order valence-electron chi connectivity index (χ0n) is 13.8. The second-order valence-electron chi connectivity index (χ2n) is 5.99. The normalized spacial score (nSPS) is 21.3. The molecule has 1 aromatic carbocycles. The quantitative estimate of drug-likeness (QED) is 0.867. The first-order chi connectivity index (χ1) is 10.0. The molecule has 0 aliphatic carbocycles. The highest BCUT2D eigenvalue weighted by Crippen LogP contribution is 2.37. The lowest BCUT2D eigenvalue weighted by atomic mass is 9.90.